The van der Waals surface area contributed by atoms with Crippen LogP contribution in [-0.2, 0) is 14.3 Å². The third kappa shape index (κ3) is 0.971. The molecule has 1 saturated heterocycles. The number of hydrogen-bond acceptors (Lipinski definition) is 4. The first-order valence-corrected chi connectivity index (χ1v) is 4.24. The van der Waals surface area contributed by atoms with Crippen LogP contribution in [0.5, 0.6) is 0 Å². The molecule has 2 aliphatic rings. The summed E-state index contributed by atoms with van der Waals surface area (Å²) >= 11 is 0. The zero-order chi connectivity index (χ0) is 9.53. The fraction of sp³-hybridized carbons (Fsp3) is 0.778. The Kier molecular flexibility index (Phi) is 1.61. The lowest BCUT2D eigenvalue weighted by Gasteiger charge is -2.55. The van der Waals surface area contributed by atoms with Crippen LogP contribution in [0.2, 0.25) is 0 Å². The second-order valence-electron chi connectivity index (χ2n) is 4.03. The quantitative estimate of drug-likeness (QED) is 0.552. The Balaban J connectivity index is 2.07. The summed E-state index contributed by atoms with van der Waals surface area (Å²) in [6, 6.07) is 2.06. The molecule has 1 aliphatic carbocycles. The van der Waals surface area contributed by atoms with Gasteiger partial charge in [-0.3, -0.25) is 4.79 Å². The first-order valence-electron chi connectivity index (χ1n) is 4.24. The maximum atomic E-state index is 11.3. The largest absolute Gasteiger partial charge is 0.468 e. The summed E-state index contributed by atoms with van der Waals surface area (Å²) < 4.78 is 9.68. The molecule has 1 heterocycles. The van der Waals surface area contributed by atoms with Gasteiger partial charge in [0.05, 0.1) is 26.4 Å². The minimum atomic E-state index is -0.876. The summed E-state index contributed by atoms with van der Waals surface area (Å²) in [7, 11) is 1.32. The van der Waals surface area contributed by atoms with Gasteiger partial charge in [0, 0.05) is 5.41 Å². The van der Waals surface area contributed by atoms with Gasteiger partial charge < -0.3 is 9.47 Å². The van der Waals surface area contributed by atoms with Crippen LogP contribution in [0.1, 0.15) is 12.8 Å². The summed E-state index contributed by atoms with van der Waals surface area (Å²) in [6.45, 7) is 1.38. The third-order valence-corrected chi connectivity index (χ3v) is 2.96. The number of rotatable bonds is 1. The van der Waals surface area contributed by atoms with Crippen LogP contribution in [0.25, 0.3) is 0 Å². The van der Waals surface area contributed by atoms with Gasteiger partial charge in [0.15, 0.2) is 5.41 Å². The van der Waals surface area contributed by atoms with Crippen LogP contribution in [0.4, 0.5) is 0 Å². The highest BCUT2D eigenvalue weighted by molar-refractivity contribution is 5.81. The molecule has 4 heteroatoms. The maximum Gasteiger partial charge on any atom is 0.326 e. The minimum Gasteiger partial charge on any atom is -0.468 e. The Labute approximate surface area is 76.4 Å². The molecule has 1 saturated carbocycles. The topological polar surface area (TPSA) is 59.3 Å². The molecule has 1 aliphatic heterocycles. The fourth-order valence-electron chi connectivity index (χ4n) is 2.29. The molecule has 0 radical (unpaired) electrons. The predicted molar refractivity (Wildman–Crippen MR) is 42.5 cm³/mol. The number of carbonyl (C=O) groups is 1. The van der Waals surface area contributed by atoms with Crippen LogP contribution in [0.15, 0.2) is 0 Å². The van der Waals surface area contributed by atoms with E-state index in [1.807, 2.05) is 0 Å². The van der Waals surface area contributed by atoms with Crippen molar-refractivity contribution in [1.29, 1.82) is 5.26 Å². The van der Waals surface area contributed by atoms with Crippen molar-refractivity contribution in [3.63, 3.8) is 0 Å². The molecule has 0 amide bonds. The van der Waals surface area contributed by atoms with Gasteiger partial charge >= 0.3 is 5.97 Å². The molecule has 70 valence electrons. The van der Waals surface area contributed by atoms with Crippen LogP contribution in [-0.4, -0.2) is 26.3 Å². The van der Waals surface area contributed by atoms with Gasteiger partial charge in [-0.1, -0.05) is 0 Å². The van der Waals surface area contributed by atoms with Crippen LogP contribution >= 0.6 is 0 Å². The van der Waals surface area contributed by atoms with Gasteiger partial charge in [0.1, 0.15) is 0 Å². The number of esters is 1. The van der Waals surface area contributed by atoms with E-state index in [0.29, 0.717) is 26.1 Å². The van der Waals surface area contributed by atoms with Gasteiger partial charge in [-0.25, -0.2) is 0 Å². The van der Waals surface area contributed by atoms with Crippen molar-refractivity contribution in [2.45, 2.75) is 12.8 Å². The van der Waals surface area contributed by atoms with E-state index in [0.717, 1.165) is 0 Å². The Morgan fingerprint density at radius 2 is 2.15 bits per heavy atom. The lowest BCUT2D eigenvalue weighted by atomic mass is 9.52. The molecule has 0 aromatic rings. The highest BCUT2D eigenvalue weighted by atomic mass is 16.5. The van der Waals surface area contributed by atoms with Crippen LogP contribution in [0, 0.1) is 22.2 Å². The van der Waals surface area contributed by atoms with Crippen molar-refractivity contribution in [1.82, 2.24) is 0 Å². The van der Waals surface area contributed by atoms with E-state index in [1.54, 1.807) is 0 Å². The van der Waals surface area contributed by atoms with Crippen LogP contribution in [0.3, 0.4) is 0 Å². The number of nitrogens with zero attached hydrogens (tertiary/aromatic N) is 1. The number of nitriles is 1. The Morgan fingerprint density at radius 3 is 2.46 bits per heavy atom. The van der Waals surface area contributed by atoms with Gasteiger partial charge in [0.2, 0.25) is 0 Å². The smallest absolute Gasteiger partial charge is 0.326 e. The molecule has 13 heavy (non-hydrogen) atoms. The van der Waals surface area contributed by atoms with Gasteiger partial charge in [-0.15, -0.1) is 0 Å². The fourth-order valence-corrected chi connectivity index (χ4v) is 2.29. The molecule has 0 aromatic carbocycles. The molecule has 0 bridgehead atoms. The SMILES string of the molecule is COC(=O)C1(C#N)CC2(COC2)C1. The molecule has 2 rings (SSSR count). The maximum absolute atomic E-state index is 11.3. The highest BCUT2D eigenvalue weighted by Crippen LogP contribution is 2.58. The van der Waals surface area contributed by atoms with E-state index in [2.05, 4.69) is 10.8 Å². The lowest BCUT2D eigenvalue weighted by Crippen LogP contribution is -2.60. The second kappa shape index (κ2) is 2.46. The standard InChI is InChI=1S/C9H11NO3/c1-12-7(11)9(4-10)2-8(3-9)5-13-6-8/h2-3,5-6H2,1H3. The molecule has 0 atom stereocenters. The number of carbonyl (C=O) groups excluding carboxylic acids is 1. The summed E-state index contributed by atoms with van der Waals surface area (Å²) in [6.07, 6.45) is 1.20. The number of hydrogen-bond donors (Lipinski definition) is 0. The lowest BCUT2D eigenvalue weighted by molar-refractivity contribution is -0.209. The van der Waals surface area contributed by atoms with Crippen molar-refractivity contribution in [3.05, 3.63) is 0 Å². The van der Waals surface area contributed by atoms with E-state index < -0.39 is 11.4 Å². The van der Waals surface area contributed by atoms with Gasteiger partial charge in [-0.05, 0) is 12.8 Å². The monoisotopic (exact) mass is 181 g/mol. The van der Waals surface area contributed by atoms with Gasteiger partial charge in [-0.2, -0.15) is 5.26 Å². The van der Waals surface area contributed by atoms with Gasteiger partial charge in [0.25, 0.3) is 0 Å². The zero-order valence-electron chi connectivity index (χ0n) is 7.50. The molecule has 1 spiro atoms. The molecule has 0 aromatic heterocycles. The van der Waals surface area contributed by atoms with Crippen molar-refractivity contribution >= 4 is 5.97 Å². The molecular weight excluding hydrogens is 170 g/mol. The number of methoxy groups -OCH3 is 1. The summed E-state index contributed by atoms with van der Waals surface area (Å²) in [4.78, 5) is 11.3. The summed E-state index contributed by atoms with van der Waals surface area (Å²) in [5.74, 6) is -0.396. The van der Waals surface area contributed by atoms with E-state index in [4.69, 9.17) is 10.00 Å². The highest BCUT2D eigenvalue weighted by Gasteiger charge is 2.63. The van der Waals surface area contributed by atoms with E-state index in [9.17, 15) is 4.79 Å². The van der Waals surface area contributed by atoms with E-state index >= 15 is 0 Å². The van der Waals surface area contributed by atoms with E-state index in [1.165, 1.54) is 7.11 Å². The average Bonchev–Trinajstić information content (AvgIpc) is 2.00. The second-order valence-corrected chi connectivity index (χ2v) is 4.03. The Bertz CT molecular complexity index is 280. The minimum absolute atomic E-state index is 0.115. The van der Waals surface area contributed by atoms with Crippen LogP contribution < -0.4 is 0 Å². The third-order valence-electron chi connectivity index (χ3n) is 2.96. The summed E-state index contributed by atoms with van der Waals surface area (Å²) in [5.41, 5.74) is -0.761. The first kappa shape index (κ1) is 8.52. The molecule has 4 nitrogen and oxygen atoms in total. The Hall–Kier alpha value is -1.08. The van der Waals surface area contributed by atoms with E-state index in [-0.39, 0.29) is 5.41 Å². The normalized spacial score (nSPS) is 26.8. The van der Waals surface area contributed by atoms with Crippen molar-refractivity contribution in [3.8, 4) is 6.07 Å². The first-order chi connectivity index (χ1) is 6.16. The average molecular weight is 181 g/mol. The zero-order valence-corrected chi connectivity index (χ0v) is 7.50. The van der Waals surface area contributed by atoms with Crippen molar-refractivity contribution in [2.24, 2.45) is 10.8 Å². The number of ether oxygens (including phenoxy) is 2. The molecule has 2 fully saturated rings. The van der Waals surface area contributed by atoms with Crippen molar-refractivity contribution < 1.29 is 14.3 Å². The Morgan fingerprint density at radius 1 is 1.54 bits per heavy atom. The van der Waals surface area contributed by atoms with Crippen molar-refractivity contribution in [2.75, 3.05) is 20.3 Å². The molecule has 0 N–H and O–H groups in total. The summed E-state index contributed by atoms with van der Waals surface area (Å²) in [5, 5.41) is 8.90. The molecular formula is C9H11NO3. The molecule has 0 unspecified atom stereocenters. The predicted octanol–water partition coefficient (Wildman–Crippen LogP) is 0.480.